The maximum atomic E-state index is 12.6. The molecule has 0 unspecified atom stereocenters. The minimum atomic E-state index is -0.0930. The van der Waals surface area contributed by atoms with Crippen LogP contribution in [0.1, 0.15) is 6.92 Å². The largest absolute Gasteiger partial charge is 0.497 e. The molecule has 0 bridgehead atoms. The fourth-order valence-electron chi connectivity index (χ4n) is 2.25. The third-order valence-electron chi connectivity index (χ3n) is 3.42. The molecule has 0 aliphatic carbocycles. The van der Waals surface area contributed by atoms with Crippen LogP contribution in [0.5, 0.6) is 11.5 Å². The molecule has 0 aliphatic heterocycles. The molecule has 3 aromatic rings. The normalized spacial score (nSPS) is 10.0. The van der Waals surface area contributed by atoms with Gasteiger partial charge >= 0.3 is 0 Å². The van der Waals surface area contributed by atoms with Crippen LogP contribution in [-0.4, -0.2) is 7.11 Å². The first-order chi connectivity index (χ1) is 11.2. The van der Waals surface area contributed by atoms with Crippen LogP contribution in [0.25, 0.3) is 22.1 Å². The van der Waals surface area contributed by atoms with Gasteiger partial charge in [0, 0.05) is 13.0 Å². The Morgan fingerprint density at radius 2 is 1.78 bits per heavy atom. The molecule has 3 rings (SSSR count). The van der Waals surface area contributed by atoms with Crippen LogP contribution in [0.2, 0.25) is 0 Å². The highest BCUT2D eigenvalue weighted by Gasteiger charge is 2.10. The number of fused-ring (bicyclic) bond motifs is 1. The highest BCUT2D eigenvalue weighted by molar-refractivity contribution is 5.82. The van der Waals surface area contributed by atoms with E-state index in [1.54, 1.807) is 44.4 Å². The number of methoxy groups -OCH3 is 1. The highest BCUT2D eigenvalue weighted by atomic mass is 16.5. The molecule has 0 saturated heterocycles. The van der Waals surface area contributed by atoms with Crippen LogP contribution in [0.4, 0.5) is 0 Å². The van der Waals surface area contributed by atoms with Crippen molar-refractivity contribution in [2.24, 2.45) is 0 Å². The Hall–Kier alpha value is -3.19. The number of ether oxygens (including phenoxy) is 2. The zero-order chi connectivity index (χ0) is 16.2. The number of hydrogen-bond donors (Lipinski definition) is 0. The number of benzene rings is 2. The monoisotopic (exact) mass is 306 g/mol. The van der Waals surface area contributed by atoms with Crippen LogP contribution in [0.15, 0.2) is 57.9 Å². The average Bonchev–Trinajstić information content (AvgIpc) is 2.60. The second kappa shape index (κ2) is 6.29. The first-order valence-corrected chi connectivity index (χ1v) is 7.01. The zero-order valence-corrected chi connectivity index (χ0v) is 12.8. The van der Waals surface area contributed by atoms with Gasteiger partial charge in [-0.05, 0) is 29.8 Å². The summed E-state index contributed by atoms with van der Waals surface area (Å²) in [5, 5.41) is 0.495. The maximum Gasteiger partial charge on any atom is 0.200 e. The van der Waals surface area contributed by atoms with Gasteiger partial charge in [0.2, 0.25) is 0 Å². The highest BCUT2D eigenvalue weighted by Crippen LogP contribution is 2.24. The molecule has 1 heterocycles. The van der Waals surface area contributed by atoms with Crippen LogP contribution < -0.4 is 14.9 Å². The van der Waals surface area contributed by atoms with E-state index < -0.39 is 0 Å². The van der Waals surface area contributed by atoms with E-state index in [1.165, 1.54) is 6.26 Å². The zero-order valence-electron chi connectivity index (χ0n) is 12.8. The topological polar surface area (TPSA) is 48.7 Å². The molecule has 0 aliphatic rings. The standard InChI is InChI=1S/C19H14O4/c1-3-10-22-15-8-9-16-18(11-15)23-12-17(19(16)20)13-4-6-14(21-2)7-5-13/h4-9,11-12H,1-2H3. The predicted molar refractivity (Wildman–Crippen MR) is 88.6 cm³/mol. The molecule has 0 saturated carbocycles. The Bertz CT molecular complexity index is 957. The van der Waals surface area contributed by atoms with Gasteiger partial charge in [-0.3, -0.25) is 4.79 Å². The van der Waals surface area contributed by atoms with Gasteiger partial charge in [0.25, 0.3) is 0 Å². The van der Waals surface area contributed by atoms with Crippen molar-refractivity contribution >= 4 is 11.0 Å². The lowest BCUT2D eigenvalue weighted by molar-refractivity contribution is 0.415. The summed E-state index contributed by atoms with van der Waals surface area (Å²) < 4.78 is 15.9. The minimum Gasteiger partial charge on any atom is -0.497 e. The molecule has 114 valence electrons. The van der Waals surface area contributed by atoms with Gasteiger partial charge in [-0.1, -0.05) is 18.1 Å². The summed E-state index contributed by atoms with van der Waals surface area (Å²) in [6.45, 7) is 1.68. The Kier molecular flexibility index (Phi) is 4.03. The lowest BCUT2D eigenvalue weighted by Crippen LogP contribution is -2.04. The van der Waals surface area contributed by atoms with Gasteiger partial charge in [0.1, 0.15) is 29.5 Å². The maximum absolute atomic E-state index is 12.6. The molecule has 0 radical (unpaired) electrons. The van der Waals surface area contributed by atoms with E-state index in [-0.39, 0.29) is 5.43 Å². The van der Waals surface area contributed by atoms with E-state index in [1.807, 2.05) is 12.1 Å². The van der Waals surface area contributed by atoms with Crippen LogP contribution >= 0.6 is 0 Å². The summed E-state index contributed by atoms with van der Waals surface area (Å²) in [6, 6.07) is 12.3. The van der Waals surface area contributed by atoms with Gasteiger partial charge in [0.15, 0.2) is 5.43 Å². The molecule has 4 heteroatoms. The molecule has 0 N–H and O–H groups in total. The Labute approximate surface area is 133 Å². The lowest BCUT2D eigenvalue weighted by Gasteiger charge is -2.05. The van der Waals surface area contributed by atoms with Crippen molar-refractivity contribution < 1.29 is 13.9 Å². The van der Waals surface area contributed by atoms with Crippen molar-refractivity contribution in [3.63, 3.8) is 0 Å². The van der Waals surface area contributed by atoms with E-state index in [9.17, 15) is 4.79 Å². The van der Waals surface area contributed by atoms with Gasteiger partial charge in [-0.25, -0.2) is 0 Å². The fraction of sp³-hybridized carbons (Fsp3) is 0.105. The summed E-state index contributed by atoms with van der Waals surface area (Å²) in [4.78, 5) is 12.6. The van der Waals surface area contributed by atoms with Crippen molar-refractivity contribution in [1.82, 2.24) is 0 Å². The van der Waals surface area contributed by atoms with E-state index >= 15 is 0 Å². The Morgan fingerprint density at radius 1 is 1.04 bits per heavy atom. The van der Waals surface area contributed by atoms with Crippen molar-refractivity contribution in [3.8, 4) is 34.7 Å². The van der Waals surface area contributed by atoms with E-state index in [0.717, 1.165) is 11.3 Å². The lowest BCUT2D eigenvalue weighted by atomic mass is 10.1. The first kappa shape index (κ1) is 14.7. The van der Waals surface area contributed by atoms with Gasteiger partial charge in [-0.2, -0.15) is 0 Å². The van der Waals surface area contributed by atoms with Crippen molar-refractivity contribution in [1.29, 1.82) is 0 Å². The van der Waals surface area contributed by atoms with E-state index in [2.05, 4.69) is 12.0 Å². The molecule has 0 atom stereocenters. The minimum absolute atomic E-state index is 0.0930. The summed E-state index contributed by atoms with van der Waals surface area (Å²) in [5.74, 6) is 3.91. The summed E-state index contributed by atoms with van der Waals surface area (Å²) in [5.41, 5.74) is 1.65. The molecule has 0 spiro atoms. The second-order valence-corrected chi connectivity index (χ2v) is 4.82. The SMILES string of the molecule is CC#COc1ccc2c(=O)c(-c3ccc(OC)cc3)coc2c1. The molecule has 0 amide bonds. The van der Waals surface area contributed by atoms with Crippen molar-refractivity contribution in [2.75, 3.05) is 7.11 Å². The van der Waals surface area contributed by atoms with Crippen LogP contribution in [-0.2, 0) is 0 Å². The van der Waals surface area contributed by atoms with Gasteiger partial charge in [0.05, 0.1) is 18.1 Å². The molecular weight excluding hydrogens is 292 g/mol. The third kappa shape index (κ3) is 2.90. The van der Waals surface area contributed by atoms with Crippen molar-refractivity contribution in [2.45, 2.75) is 6.92 Å². The fourth-order valence-corrected chi connectivity index (χ4v) is 2.25. The Balaban J connectivity index is 2.07. The van der Waals surface area contributed by atoms with Crippen LogP contribution in [0, 0.1) is 12.0 Å². The molecule has 23 heavy (non-hydrogen) atoms. The summed E-state index contributed by atoms with van der Waals surface area (Å²) >= 11 is 0. The number of hydrogen-bond acceptors (Lipinski definition) is 4. The molecule has 0 fully saturated rings. The first-order valence-electron chi connectivity index (χ1n) is 7.01. The van der Waals surface area contributed by atoms with E-state index in [4.69, 9.17) is 13.9 Å². The van der Waals surface area contributed by atoms with Crippen molar-refractivity contribution in [3.05, 3.63) is 59.0 Å². The smallest absolute Gasteiger partial charge is 0.200 e. The average molecular weight is 306 g/mol. The van der Waals surface area contributed by atoms with E-state index in [0.29, 0.717) is 22.3 Å². The number of rotatable bonds is 3. The molecular formula is C19H14O4. The molecule has 2 aromatic carbocycles. The second-order valence-electron chi connectivity index (χ2n) is 4.82. The molecule has 4 nitrogen and oxygen atoms in total. The van der Waals surface area contributed by atoms with Gasteiger partial charge < -0.3 is 13.9 Å². The summed E-state index contributed by atoms with van der Waals surface area (Å²) in [6.07, 6.45) is 3.97. The summed E-state index contributed by atoms with van der Waals surface area (Å²) in [7, 11) is 1.60. The third-order valence-corrected chi connectivity index (χ3v) is 3.42. The molecule has 1 aromatic heterocycles. The van der Waals surface area contributed by atoms with Crippen LogP contribution in [0.3, 0.4) is 0 Å². The predicted octanol–water partition coefficient (Wildman–Crippen LogP) is 3.83. The van der Waals surface area contributed by atoms with Gasteiger partial charge in [-0.15, -0.1) is 0 Å². The Morgan fingerprint density at radius 3 is 2.48 bits per heavy atom. The quantitative estimate of drug-likeness (QED) is 0.690.